The smallest absolute Gasteiger partial charge is 0.239 e. The minimum Gasteiger partial charge on any atom is -0.285 e. The van der Waals surface area contributed by atoms with Crippen LogP contribution in [0, 0.1) is 0 Å². The third kappa shape index (κ3) is 2.94. The Hall–Kier alpha value is -1.62. The highest BCUT2D eigenvalue weighted by Gasteiger charge is 2.27. The second-order valence-corrected chi connectivity index (χ2v) is 4.44. The van der Waals surface area contributed by atoms with E-state index in [4.69, 9.17) is 0 Å². The third-order valence-electron chi connectivity index (χ3n) is 2.26. The molecule has 1 aliphatic rings. The van der Waals surface area contributed by atoms with Crippen molar-refractivity contribution in [2.45, 2.75) is 6.54 Å². The van der Waals surface area contributed by atoms with Gasteiger partial charge in [0, 0.05) is 6.20 Å². The van der Waals surface area contributed by atoms with Crippen molar-refractivity contribution in [2.75, 3.05) is 12.3 Å². The standard InChI is InChI=1S/C12H13N3OS/c1-2-6-14-12-15(11(16)9-17-12)8-10-5-3-4-7-13-10/h2-5,7H,1,6,8-9H2. The highest BCUT2D eigenvalue weighted by atomic mass is 32.2. The fraction of sp³-hybridized carbons (Fsp3) is 0.250. The quantitative estimate of drug-likeness (QED) is 0.761. The molecule has 0 spiro atoms. The van der Waals surface area contributed by atoms with Gasteiger partial charge in [0.2, 0.25) is 5.91 Å². The summed E-state index contributed by atoms with van der Waals surface area (Å²) in [5, 5.41) is 0.764. The van der Waals surface area contributed by atoms with E-state index in [2.05, 4.69) is 16.6 Å². The van der Waals surface area contributed by atoms with Crippen molar-refractivity contribution in [2.24, 2.45) is 4.99 Å². The number of hydrogen-bond acceptors (Lipinski definition) is 4. The molecular formula is C12H13N3OS. The zero-order chi connectivity index (χ0) is 12.1. The number of pyridine rings is 1. The van der Waals surface area contributed by atoms with Crippen molar-refractivity contribution in [1.29, 1.82) is 0 Å². The molecule has 0 aliphatic carbocycles. The average molecular weight is 247 g/mol. The summed E-state index contributed by atoms with van der Waals surface area (Å²) in [5.41, 5.74) is 0.870. The monoisotopic (exact) mass is 247 g/mol. The number of hydrogen-bond donors (Lipinski definition) is 0. The second-order valence-electron chi connectivity index (χ2n) is 3.50. The summed E-state index contributed by atoms with van der Waals surface area (Å²) >= 11 is 1.47. The molecule has 1 saturated heterocycles. The summed E-state index contributed by atoms with van der Waals surface area (Å²) in [5.74, 6) is 0.548. The van der Waals surface area contributed by atoms with Gasteiger partial charge in [-0.15, -0.1) is 6.58 Å². The van der Waals surface area contributed by atoms with Crippen molar-refractivity contribution < 1.29 is 4.79 Å². The molecule has 1 aromatic heterocycles. The zero-order valence-corrected chi connectivity index (χ0v) is 10.2. The van der Waals surface area contributed by atoms with Crippen LogP contribution in [0.2, 0.25) is 0 Å². The summed E-state index contributed by atoms with van der Waals surface area (Å²) in [6.45, 7) is 4.64. The minimum absolute atomic E-state index is 0.0865. The van der Waals surface area contributed by atoms with Crippen LogP contribution in [0.5, 0.6) is 0 Å². The molecule has 0 bridgehead atoms. The maximum Gasteiger partial charge on any atom is 0.239 e. The van der Waals surface area contributed by atoms with Gasteiger partial charge in [-0.25, -0.2) is 0 Å². The molecule has 4 nitrogen and oxygen atoms in total. The molecule has 1 aliphatic heterocycles. The van der Waals surface area contributed by atoms with E-state index in [1.165, 1.54) is 11.8 Å². The Labute approximate surface area is 104 Å². The predicted octanol–water partition coefficient (Wildman–Crippen LogP) is 1.70. The van der Waals surface area contributed by atoms with Gasteiger partial charge in [-0.3, -0.25) is 19.7 Å². The van der Waals surface area contributed by atoms with Gasteiger partial charge >= 0.3 is 0 Å². The molecule has 1 amide bonds. The molecular weight excluding hydrogens is 234 g/mol. The van der Waals surface area contributed by atoms with Crippen LogP contribution in [0.4, 0.5) is 0 Å². The Morgan fingerprint density at radius 3 is 3.18 bits per heavy atom. The van der Waals surface area contributed by atoms with Crippen molar-refractivity contribution in [3.63, 3.8) is 0 Å². The molecule has 2 heterocycles. The van der Waals surface area contributed by atoms with E-state index in [9.17, 15) is 4.79 Å². The number of carbonyl (C=O) groups is 1. The number of nitrogens with zero attached hydrogens (tertiary/aromatic N) is 3. The van der Waals surface area contributed by atoms with Crippen LogP contribution in [-0.4, -0.2) is 33.3 Å². The zero-order valence-electron chi connectivity index (χ0n) is 9.37. The number of aromatic nitrogens is 1. The van der Waals surface area contributed by atoms with Crippen molar-refractivity contribution >= 4 is 22.8 Å². The van der Waals surface area contributed by atoms with Gasteiger partial charge in [-0.1, -0.05) is 23.9 Å². The van der Waals surface area contributed by atoms with E-state index in [1.54, 1.807) is 17.2 Å². The van der Waals surface area contributed by atoms with E-state index >= 15 is 0 Å². The summed E-state index contributed by atoms with van der Waals surface area (Å²) in [6, 6.07) is 5.68. The van der Waals surface area contributed by atoms with Gasteiger partial charge in [-0.2, -0.15) is 0 Å². The van der Waals surface area contributed by atoms with Gasteiger partial charge in [0.15, 0.2) is 5.17 Å². The molecule has 1 aromatic rings. The van der Waals surface area contributed by atoms with E-state index in [-0.39, 0.29) is 5.91 Å². The van der Waals surface area contributed by atoms with Crippen LogP contribution in [0.15, 0.2) is 42.0 Å². The minimum atomic E-state index is 0.0865. The number of carbonyl (C=O) groups excluding carboxylic acids is 1. The van der Waals surface area contributed by atoms with Crippen LogP contribution in [0.1, 0.15) is 5.69 Å². The van der Waals surface area contributed by atoms with Crippen LogP contribution in [0.3, 0.4) is 0 Å². The molecule has 1 fully saturated rings. The first kappa shape index (κ1) is 11.9. The first-order chi connectivity index (χ1) is 8.31. The fourth-order valence-corrected chi connectivity index (χ4v) is 2.37. The summed E-state index contributed by atoms with van der Waals surface area (Å²) in [4.78, 5) is 21.9. The third-order valence-corrected chi connectivity index (χ3v) is 3.26. The van der Waals surface area contributed by atoms with E-state index < -0.39 is 0 Å². The molecule has 0 radical (unpaired) electrons. The first-order valence-electron chi connectivity index (χ1n) is 5.29. The molecule has 0 saturated carbocycles. The van der Waals surface area contributed by atoms with Gasteiger partial charge in [-0.05, 0) is 12.1 Å². The normalized spacial score (nSPS) is 17.8. The largest absolute Gasteiger partial charge is 0.285 e. The van der Waals surface area contributed by atoms with Crippen LogP contribution in [-0.2, 0) is 11.3 Å². The molecule has 17 heavy (non-hydrogen) atoms. The van der Waals surface area contributed by atoms with Gasteiger partial charge in [0.25, 0.3) is 0 Å². The first-order valence-corrected chi connectivity index (χ1v) is 6.28. The molecule has 0 unspecified atom stereocenters. The van der Waals surface area contributed by atoms with E-state index in [0.717, 1.165) is 10.9 Å². The lowest BCUT2D eigenvalue weighted by atomic mass is 10.3. The topological polar surface area (TPSA) is 45.6 Å². The van der Waals surface area contributed by atoms with Crippen LogP contribution >= 0.6 is 11.8 Å². The highest BCUT2D eigenvalue weighted by Crippen LogP contribution is 2.21. The SMILES string of the molecule is C=CCN=C1SCC(=O)N1Cc1ccccn1. The summed E-state index contributed by atoms with van der Waals surface area (Å²) in [7, 11) is 0. The molecule has 0 aromatic carbocycles. The lowest BCUT2D eigenvalue weighted by Crippen LogP contribution is -2.29. The number of amides is 1. The van der Waals surface area contributed by atoms with Crippen LogP contribution in [0.25, 0.3) is 0 Å². The molecule has 88 valence electrons. The summed E-state index contributed by atoms with van der Waals surface area (Å²) < 4.78 is 0. The Morgan fingerprint density at radius 2 is 2.47 bits per heavy atom. The van der Waals surface area contributed by atoms with Crippen molar-refractivity contribution in [1.82, 2.24) is 9.88 Å². The van der Waals surface area contributed by atoms with Gasteiger partial charge < -0.3 is 0 Å². The molecule has 0 atom stereocenters. The number of amidine groups is 1. The number of rotatable bonds is 4. The highest BCUT2D eigenvalue weighted by molar-refractivity contribution is 8.15. The lowest BCUT2D eigenvalue weighted by Gasteiger charge is -2.15. The van der Waals surface area contributed by atoms with Gasteiger partial charge in [0.05, 0.1) is 24.5 Å². The maximum absolute atomic E-state index is 11.7. The Kier molecular flexibility index (Phi) is 3.93. The predicted molar refractivity (Wildman–Crippen MR) is 69.7 cm³/mol. The van der Waals surface area contributed by atoms with Crippen molar-refractivity contribution in [3.8, 4) is 0 Å². The Bertz CT molecular complexity index is 444. The van der Waals surface area contributed by atoms with Crippen molar-refractivity contribution in [3.05, 3.63) is 42.7 Å². The molecule has 5 heteroatoms. The second kappa shape index (κ2) is 5.63. The van der Waals surface area contributed by atoms with Crippen LogP contribution < -0.4 is 0 Å². The molecule has 2 rings (SSSR count). The Morgan fingerprint density at radius 1 is 1.59 bits per heavy atom. The summed E-state index contributed by atoms with van der Waals surface area (Å²) in [6.07, 6.45) is 3.44. The Balaban J connectivity index is 2.12. The van der Waals surface area contributed by atoms with E-state index in [1.807, 2.05) is 18.2 Å². The lowest BCUT2D eigenvalue weighted by molar-refractivity contribution is -0.124. The molecule has 0 N–H and O–H groups in total. The number of thioether (sulfide) groups is 1. The maximum atomic E-state index is 11.7. The fourth-order valence-electron chi connectivity index (χ4n) is 1.47. The average Bonchev–Trinajstić information content (AvgIpc) is 2.70. The van der Waals surface area contributed by atoms with E-state index in [0.29, 0.717) is 18.8 Å². The van der Waals surface area contributed by atoms with Gasteiger partial charge in [0.1, 0.15) is 0 Å². The number of aliphatic imine (C=N–C) groups is 1.